The van der Waals surface area contributed by atoms with Crippen LogP contribution in [0.25, 0.3) is 0 Å². The monoisotopic (exact) mass is 391 g/mol. The third kappa shape index (κ3) is 3.55. The van der Waals surface area contributed by atoms with Crippen molar-refractivity contribution in [1.82, 2.24) is 4.90 Å². The van der Waals surface area contributed by atoms with Crippen LogP contribution in [0.5, 0.6) is 0 Å². The number of benzene rings is 1. The number of amides is 1. The number of thioether (sulfide) groups is 1. The molecule has 1 fully saturated rings. The van der Waals surface area contributed by atoms with Gasteiger partial charge in [-0.1, -0.05) is 24.9 Å². The Hall–Kier alpha value is -0.720. The smallest absolute Gasteiger partial charge is 0.327 e. The number of carbonyl (C=O) groups is 2. The van der Waals surface area contributed by atoms with E-state index in [0.29, 0.717) is 20.8 Å². The molecule has 4 nitrogen and oxygen atoms in total. The minimum atomic E-state index is -0.960. The quantitative estimate of drug-likeness (QED) is 0.845. The summed E-state index contributed by atoms with van der Waals surface area (Å²) in [5, 5.41) is 9.67. The molecule has 1 N–H and O–H groups in total. The van der Waals surface area contributed by atoms with E-state index in [1.54, 1.807) is 18.2 Å². The van der Waals surface area contributed by atoms with Gasteiger partial charge in [0.05, 0.1) is 10.4 Å². The number of nitrogens with zero attached hydrogens (tertiary/aromatic N) is 1. The fourth-order valence-corrected chi connectivity index (χ4v) is 4.21. The number of aliphatic carboxylic acids is 1. The lowest BCUT2D eigenvalue weighted by molar-refractivity contribution is -0.141. The van der Waals surface area contributed by atoms with Crippen LogP contribution in [-0.2, 0) is 4.79 Å². The van der Waals surface area contributed by atoms with Crippen molar-refractivity contribution in [3.63, 3.8) is 0 Å². The summed E-state index contributed by atoms with van der Waals surface area (Å²) in [5.74, 6) is -0.811. The van der Waals surface area contributed by atoms with Crippen LogP contribution < -0.4 is 0 Å². The maximum absolute atomic E-state index is 12.7. The second-order valence-corrected chi connectivity index (χ2v) is 7.24. The maximum atomic E-state index is 12.7. The minimum absolute atomic E-state index is 0.0916. The lowest BCUT2D eigenvalue weighted by Crippen LogP contribution is -2.45. The SMILES string of the molecule is CCCC1SCC(C(=O)O)N1C(=O)c1ccc(Br)c(Cl)c1. The van der Waals surface area contributed by atoms with Crippen LogP contribution >= 0.6 is 39.3 Å². The Morgan fingerprint density at radius 3 is 2.81 bits per heavy atom. The van der Waals surface area contributed by atoms with E-state index in [2.05, 4.69) is 15.9 Å². The molecule has 114 valence electrons. The van der Waals surface area contributed by atoms with Crippen molar-refractivity contribution in [1.29, 1.82) is 0 Å². The second kappa shape index (κ2) is 7.03. The summed E-state index contributed by atoms with van der Waals surface area (Å²) in [7, 11) is 0. The summed E-state index contributed by atoms with van der Waals surface area (Å²) in [5.41, 5.74) is 0.415. The molecule has 2 rings (SSSR count). The molecule has 1 aromatic carbocycles. The number of halogens is 2. The molecule has 7 heteroatoms. The van der Waals surface area contributed by atoms with Crippen molar-refractivity contribution in [3.05, 3.63) is 33.3 Å². The van der Waals surface area contributed by atoms with Gasteiger partial charge in [0.2, 0.25) is 0 Å². The van der Waals surface area contributed by atoms with E-state index >= 15 is 0 Å². The largest absolute Gasteiger partial charge is 0.480 e. The molecular formula is C14H15BrClNO3S. The molecule has 1 aliphatic heterocycles. The molecule has 0 aromatic heterocycles. The Morgan fingerprint density at radius 2 is 2.24 bits per heavy atom. The van der Waals surface area contributed by atoms with Crippen LogP contribution in [0.1, 0.15) is 30.1 Å². The maximum Gasteiger partial charge on any atom is 0.327 e. The average molecular weight is 393 g/mol. The zero-order valence-electron chi connectivity index (χ0n) is 11.4. The predicted octanol–water partition coefficient (Wildman–Crippen LogP) is 3.87. The van der Waals surface area contributed by atoms with Gasteiger partial charge in [0.1, 0.15) is 6.04 Å². The van der Waals surface area contributed by atoms with E-state index in [-0.39, 0.29) is 11.3 Å². The predicted molar refractivity (Wildman–Crippen MR) is 87.9 cm³/mol. The Labute approximate surface area is 141 Å². The van der Waals surface area contributed by atoms with Gasteiger partial charge in [-0.3, -0.25) is 4.79 Å². The first kappa shape index (κ1) is 16.6. The summed E-state index contributed by atoms with van der Waals surface area (Å²) < 4.78 is 0.705. The highest BCUT2D eigenvalue weighted by molar-refractivity contribution is 9.10. The first-order valence-corrected chi connectivity index (χ1v) is 8.79. The van der Waals surface area contributed by atoms with E-state index < -0.39 is 12.0 Å². The van der Waals surface area contributed by atoms with Gasteiger partial charge in [-0.2, -0.15) is 0 Å². The number of hydrogen-bond acceptors (Lipinski definition) is 3. The summed E-state index contributed by atoms with van der Waals surface area (Å²) >= 11 is 10.8. The lowest BCUT2D eigenvalue weighted by atomic mass is 10.1. The van der Waals surface area contributed by atoms with E-state index in [1.807, 2.05) is 6.92 Å². The van der Waals surface area contributed by atoms with Crippen LogP contribution in [0.4, 0.5) is 0 Å². The normalized spacial score (nSPS) is 21.6. The molecule has 0 bridgehead atoms. The van der Waals surface area contributed by atoms with Gasteiger partial charge in [-0.05, 0) is 40.5 Å². The first-order valence-electron chi connectivity index (χ1n) is 6.57. The fourth-order valence-electron chi connectivity index (χ4n) is 2.27. The molecule has 1 heterocycles. The topological polar surface area (TPSA) is 57.6 Å². The van der Waals surface area contributed by atoms with Crippen LogP contribution in [0.3, 0.4) is 0 Å². The van der Waals surface area contributed by atoms with Crippen LogP contribution in [0.15, 0.2) is 22.7 Å². The molecule has 0 aliphatic carbocycles. The van der Waals surface area contributed by atoms with Gasteiger partial charge < -0.3 is 10.0 Å². The highest BCUT2D eigenvalue weighted by Crippen LogP contribution is 2.34. The van der Waals surface area contributed by atoms with E-state index in [9.17, 15) is 14.7 Å². The highest BCUT2D eigenvalue weighted by atomic mass is 79.9. The fraction of sp³-hybridized carbons (Fsp3) is 0.429. The second-order valence-electron chi connectivity index (χ2n) is 4.77. The van der Waals surface area contributed by atoms with Crippen molar-refractivity contribution < 1.29 is 14.7 Å². The average Bonchev–Trinajstić information content (AvgIpc) is 2.85. The molecule has 1 aliphatic rings. The molecule has 1 saturated heterocycles. The summed E-state index contributed by atoms with van der Waals surface area (Å²) in [4.78, 5) is 25.5. The van der Waals surface area contributed by atoms with Gasteiger partial charge in [0.15, 0.2) is 0 Å². The van der Waals surface area contributed by atoms with Crippen LogP contribution in [0.2, 0.25) is 5.02 Å². The molecule has 0 saturated carbocycles. The van der Waals surface area contributed by atoms with Crippen LogP contribution in [-0.4, -0.2) is 39.1 Å². The molecule has 1 aromatic rings. The van der Waals surface area contributed by atoms with E-state index in [0.717, 1.165) is 12.8 Å². The van der Waals surface area contributed by atoms with E-state index in [4.69, 9.17) is 11.6 Å². The first-order chi connectivity index (χ1) is 9.95. The summed E-state index contributed by atoms with van der Waals surface area (Å²) in [6.07, 6.45) is 1.68. The Morgan fingerprint density at radius 1 is 1.52 bits per heavy atom. The summed E-state index contributed by atoms with van der Waals surface area (Å²) in [6, 6.07) is 4.15. The molecule has 1 amide bonds. The van der Waals surface area contributed by atoms with Crippen molar-refractivity contribution in [2.75, 3.05) is 5.75 Å². The van der Waals surface area contributed by atoms with Crippen molar-refractivity contribution in [3.8, 4) is 0 Å². The van der Waals surface area contributed by atoms with E-state index in [1.165, 1.54) is 16.7 Å². The lowest BCUT2D eigenvalue weighted by Gasteiger charge is -2.27. The van der Waals surface area contributed by atoms with Gasteiger partial charge >= 0.3 is 5.97 Å². The number of rotatable bonds is 4. The zero-order valence-corrected chi connectivity index (χ0v) is 14.5. The zero-order chi connectivity index (χ0) is 15.6. The molecule has 2 unspecified atom stereocenters. The third-order valence-electron chi connectivity index (χ3n) is 3.31. The Balaban J connectivity index is 2.31. The summed E-state index contributed by atoms with van der Waals surface area (Å²) in [6.45, 7) is 2.02. The molecule has 0 radical (unpaired) electrons. The third-order valence-corrected chi connectivity index (χ3v) is 5.90. The molecule has 21 heavy (non-hydrogen) atoms. The van der Waals surface area contributed by atoms with Crippen molar-refractivity contribution in [2.24, 2.45) is 0 Å². The number of hydrogen-bond donors (Lipinski definition) is 1. The van der Waals surface area contributed by atoms with Crippen molar-refractivity contribution in [2.45, 2.75) is 31.2 Å². The molecular weight excluding hydrogens is 378 g/mol. The number of carbonyl (C=O) groups excluding carboxylic acids is 1. The molecule has 2 atom stereocenters. The number of carboxylic acids is 1. The number of carboxylic acid groups (broad SMARTS) is 1. The Bertz CT molecular complexity index is 569. The van der Waals surface area contributed by atoms with Crippen LogP contribution in [0, 0.1) is 0 Å². The molecule has 0 spiro atoms. The Kier molecular flexibility index (Phi) is 5.57. The standard InChI is InChI=1S/C14H15BrClNO3S/c1-2-3-12-17(11(7-21-12)14(19)20)13(18)8-4-5-9(15)10(16)6-8/h4-6,11-12H,2-3,7H2,1H3,(H,19,20). The van der Waals surface area contributed by atoms with Gasteiger partial charge in [0.25, 0.3) is 5.91 Å². The highest BCUT2D eigenvalue weighted by Gasteiger charge is 2.41. The minimum Gasteiger partial charge on any atom is -0.480 e. The van der Waals surface area contributed by atoms with Gasteiger partial charge in [0, 0.05) is 15.8 Å². The van der Waals surface area contributed by atoms with Gasteiger partial charge in [-0.25, -0.2) is 4.79 Å². The van der Waals surface area contributed by atoms with Crippen molar-refractivity contribution >= 4 is 51.2 Å². The van der Waals surface area contributed by atoms with Gasteiger partial charge in [-0.15, -0.1) is 11.8 Å².